The maximum Gasteiger partial charge on any atom is 0.222 e. The minimum absolute atomic E-state index is 0.251. The predicted molar refractivity (Wildman–Crippen MR) is 114 cm³/mol. The minimum atomic E-state index is 0.251. The van der Waals surface area contributed by atoms with E-state index in [-0.39, 0.29) is 11.4 Å². The number of hydrogen-bond acceptors (Lipinski definition) is 5. The van der Waals surface area contributed by atoms with Gasteiger partial charge < -0.3 is 19.1 Å². The number of amides is 1. The molecule has 0 aliphatic carbocycles. The Bertz CT molecular complexity index is 681. The van der Waals surface area contributed by atoms with Crippen LogP contribution in [0.15, 0.2) is 18.2 Å². The maximum absolute atomic E-state index is 12.9. The summed E-state index contributed by atoms with van der Waals surface area (Å²) < 4.78 is 16.0. The Balaban J connectivity index is 1.56. The summed E-state index contributed by atoms with van der Waals surface area (Å²) in [6, 6.07) is 5.80. The average Bonchev–Trinajstić information content (AvgIpc) is 3.01. The van der Waals surface area contributed by atoms with Crippen LogP contribution in [0.5, 0.6) is 11.5 Å². The number of hydrogen-bond donors (Lipinski definition) is 0. The third-order valence-corrected chi connectivity index (χ3v) is 6.68. The number of methoxy groups -OCH3 is 3. The van der Waals surface area contributed by atoms with Gasteiger partial charge in [0.2, 0.25) is 5.91 Å². The van der Waals surface area contributed by atoms with Gasteiger partial charge in [-0.2, -0.15) is 0 Å². The summed E-state index contributed by atoms with van der Waals surface area (Å²) in [5.74, 6) is 1.80. The van der Waals surface area contributed by atoms with Gasteiger partial charge in [-0.25, -0.2) is 0 Å². The third kappa shape index (κ3) is 5.23. The molecule has 2 aliphatic rings. The highest BCUT2D eigenvalue weighted by atomic mass is 16.5. The Morgan fingerprint density at radius 3 is 2.55 bits per heavy atom. The quantitative estimate of drug-likeness (QED) is 0.666. The number of nitrogens with zero attached hydrogens (tertiary/aromatic N) is 2. The van der Waals surface area contributed by atoms with Crippen molar-refractivity contribution in [3.05, 3.63) is 23.8 Å². The lowest BCUT2D eigenvalue weighted by Gasteiger charge is -2.38. The summed E-state index contributed by atoms with van der Waals surface area (Å²) in [5, 5.41) is 0. The van der Waals surface area contributed by atoms with Gasteiger partial charge in [0.15, 0.2) is 0 Å². The molecule has 0 radical (unpaired) electrons. The number of carbonyl (C=O) groups is 1. The van der Waals surface area contributed by atoms with E-state index in [1.54, 1.807) is 21.3 Å². The molecular weight excluding hydrogens is 368 g/mol. The van der Waals surface area contributed by atoms with Crippen LogP contribution in [0, 0.1) is 0 Å². The molecule has 1 amide bonds. The molecule has 0 saturated carbocycles. The molecule has 1 unspecified atom stereocenters. The zero-order chi connectivity index (χ0) is 20.7. The number of aryl methyl sites for hydroxylation is 1. The fourth-order valence-corrected chi connectivity index (χ4v) is 5.00. The summed E-state index contributed by atoms with van der Waals surface area (Å²) in [6.45, 7) is 4.69. The highest BCUT2D eigenvalue weighted by Crippen LogP contribution is 2.38. The molecule has 2 saturated heterocycles. The first-order valence-electron chi connectivity index (χ1n) is 10.8. The predicted octanol–water partition coefficient (Wildman–Crippen LogP) is 3.13. The van der Waals surface area contributed by atoms with E-state index in [1.807, 2.05) is 18.2 Å². The molecule has 1 aromatic carbocycles. The molecule has 2 heterocycles. The van der Waals surface area contributed by atoms with Gasteiger partial charge in [-0.15, -0.1) is 0 Å². The monoisotopic (exact) mass is 404 g/mol. The molecule has 162 valence electrons. The minimum Gasteiger partial charge on any atom is -0.497 e. The standard InChI is InChI=1S/C23H36N2O4/c1-27-17-16-25-14-5-11-23(25)10-4-13-24(15-12-23)22(26)9-7-19-6-8-20(28-2)18-21(19)29-3/h6,8,18H,4-5,7,9-17H2,1-3H3. The molecule has 2 aliphatic heterocycles. The van der Waals surface area contributed by atoms with Gasteiger partial charge in [-0.3, -0.25) is 9.69 Å². The largest absolute Gasteiger partial charge is 0.497 e. The van der Waals surface area contributed by atoms with E-state index in [9.17, 15) is 4.79 Å². The van der Waals surface area contributed by atoms with Gasteiger partial charge in [0.05, 0.1) is 20.8 Å². The van der Waals surface area contributed by atoms with Crippen molar-refractivity contribution in [2.45, 2.75) is 50.5 Å². The SMILES string of the molecule is COCCN1CCCC12CCCN(C(=O)CCc1ccc(OC)cc1OC)CC2. The van der Waals surface area contributed by atoms with E-state index in [0.717, 1.165) is 62.7 Å². The van der Waals surface area contributed by atoms with Crippen LogP contribution in [0.3, 0.4) is 0 Å². The summed E-state index contributed by atoms with van der Waals surface area (Å²) in [7, 11) is 5.07. The number of carbonyl (C=O) groups excluding carboxylic acids is 1. The van der Waals surface area contributed by atoms with Crippen LogP contribution >= 0.6 is 0 Å². The summed E-state index contributed by atoms with van der Waals surface area (Å²) in [5.41, 5.74) is 1.32. The van der Waals surface area contributed by atoms with E-state index in [0.29, 0.717) is 12.8 Å². The fraction of sp³-hybridized carbons (Fsp3) is 0.696. The van der Waals surface area contributed by atoms with E-state index >= 15 is 0 Å². The van der Waals surface area contributed by atoms with Crippen molar-refractivity contribution < 1.29 is 19.0 Å². The molecule has 0 aromatic heterocycles. The first-order chi connectivity index (χ1) is 14.1. The third-order valence-electron chi connectivity index (χ3n) is 6.68. The fourth-order valence-electron chi connectivity index (χ4n) is 5.00. The molecule has 6 nitrogen and oxygen atoms in total. The molecule has 6 heteroatoms. The van der Waals surface area contributed by atoms with Crippen LogP contribution in [0.25, 0.3) is 0 Å². The first-order valence-corrected chi connectivity index (χ1v) is 10.8. The van der Waals surface area contributed by atoms with Gasteiger partial charge in [0.1, 0.15) is 11.5 Å². The van der Waals surface area contributed by atoms with Crippen LogP contribution < -0.4 is 9.47 Å². The first kappa shape index (κ1) is 21.9. The van der Waals surface area contributed by atoms with E-state index < -0.39 is 0 Å². The normalized spacial score (nSPS) is 22.7. The number of rotatable bonds is 8. The molecule has 1 atom stereocenters. The average molecular weight is 405 g/mol. The summed E-state index contributed by atoms with van der Waals surface area (Å²) >= 11 is 0. The second kappa shape index (κ2) is 10.3. The Hall–Kier alpha value is -1.79. The lowest BCUT2D eigenvalue weighted by molar-refractivity contribution is -0.131. The molecule has 0 bridgehead atoms. The zero-order valence-electron chi connectivity index (χ0n) is 18.2. The van der Waals surface area contributed by atoms with Crippen LogP contribution in [0.1, 0.15) is 44.1 Å². The maximum atomic E-state index is 12.9. The lowest BCUT2D eigenvalue weighted by atomic mass is 9.88. The van der Waals surface area contributed by atoms with Crippen molar-refractivity contribution in [2.24, 2.45) is 0 Å². The topological polar surface area (TPSA) is 51.2 Å². The van der Waals surface area contributed by atoms with Gasteiger partial charge in [0.25, 0.3) is 0 Å². The van der Waals surface area contributed by atoms with Crippen molar-refractivity contribution in [1.82, 2.24) is 9.80 Å². The van der Waals surface area contributed by atoms with Crippen molar-refractivity contribution in [3.8, 4) is 11.5 Å². The van der Waals surface area contributed by atoms with E-state index in [2.05, 4.69) is 9.80 Å². The Kier molecular flexibility index (Phi) is 7.78. The molecule has 0 N–H and O–H groups in total. The zero-order valence-corrected chi connectivity index (χ0v) is 18.2. The highest BCUT2D eigenvalue weighted by Gasteiger charge is 2.41. The molecule has 1 spiro atoms. The van der Waals surface area contributed by atoms with Gasteiger partial charge in [-0.05, 0) is 56.7 Å². The van der Waals surface area contributed by atoms with E-state index in [1.165, 1.54) is 19.3 Å². The van der Waals surface area contributed by atoms with Crippen molar-refractivity contribution in [2.75, 3.05) is 54.1 Å². The van der Waals surface area contributed by atoms with Gasteiger partial charge in [0, 0.05) is 44.8 Å². The number of likely N-dealkylation sites (tertiary alicyclic amines) is 2. The molecule has 2 fully saturated rings. The lowest BCUT2D eigenvalue weighted by Crippen LogP contribution is -2.46. The molecule has 3 rings (SSSR count). The van der Waals surface area contributed by atoms with Crippen molar-refractivity contribution in [3.63, 3.8) is 0 Å². The molecule has 1 aromatic rings. The Labute approximate surface area is 175 Å². The van der Waals surface area contributed by atoms with Crippen LogP contribution in [0.2, 0.25) is 0 Å². The smallest absolute Gasteiger partial charge is 0.222 e. The van der Waals surface area contributed by atoms with Gasteiger partial charge in [-0.1, -0.05) is 6.07 Å². The van der Waals surface area contributed by atoms with Crippen LogP contribution in [-0.2, 0) is 16.0 Å². The van der Waals surface area contributed by atoms with Gasteiger partial charge >= 0.3 is 0 Å². The Morgan fingerprint density at radius 1 is 1.03 bits per heavy atom. The number of ether oxygens (including phenoxy) is 3. The van der Waals surface area contributed by atoms with Crippen LogP contribution in [-0.4, -0.2) is 75.4 Å². The molecular formula is C23H36N2O4. The van der Waals surface area contributed by atoms with E-state index in [4.69, 9.17) is 14.2 Å². The molecule has 29 heavy (non-hydrogen) atoms. The van der Waals surface area contributed by atoms with Crippen LogP contribution in [0.4, 0.5) is 0 Å². The summed E-state index contributed by atoms with van der Waals surface area (Å²) in [4.78, 5) is 17.6. The highest BCUT2D eigenvalue weighted by molar-refractivity contribution is 5.76. The van der Waals surface area contributed by atoms with Crippen molar-refractivity contribution in [1.29, 1.82) is 0 Å². The Morgan fingerprint density at radius 2 is 1.83 bits per heavy atom. The summed E-state index contributed by atoms with van der Waals surface area (Å²) in [6.07, 6.45) is 7.07. The second-order valence-electron chi connectivity index (χ2n) is 8.22. The second-order valence-corrected chi connectivity index (χ2v) is 8.22. The number of benzene rings is 1. The van der Waals surface area contributed by atoms with Crippen molar-refractivity contribution >= 4 is 5.91 Å².